The third-order valence-electron chi connectivity index (χ3n) is 6.63. The van der Waals surface area contributed by atoms with Gasteiger partial charge in [-0.1, -0.05) is 13.3 Å². The van der Waals surface area contributed by atoms with Crippen molar-refractivity contribution in [1.82, 2.24) is 20.2 Å². The van der Waals surface area contributed by atoms with E-state index in [9.17, 15) is 18.4 Å². The Morgan fingerprint density at radius 2 is 2.06 bits per heavy atom. The Hall–Kier alpha value is -2.85. The molecule has 1 heterocycles. The number of amides is 2. The molecular formula is C26H37F2N5O3. The van der Waals surface area contributed by atoms with Gasteiger partial charge in [0, 0.05) is 31.5 Å². The van der Waals surface area contributed by atoms with Gasteiger partial charge in [0.15, 0.2) is 5.82 Å². The number of nitrogens with zero attached hydrogens (tertiary/aromatic N) is 2. The lowest BCUT2D eigenvalue weighted by Crippen LogP contribution is -2.48. The summed E-state index contributed by atoms with van der Waals surface area (Å²) in [5.74, 6) is -1.21. The average molecular weight is 506 g/mol. The predicted molar refractivity (Wildman–Crippen MR) is 134 cm³/mol. The number of carbonyl (C=O) groups is 2. The fourth-order valence-electron chi connectivity index (χ4n) is 4.51. The molecule has 1 aliphatic rings. The molecule has 1 aromatic carbocycles. The van der Waals surface area contributed by atoms with Crippen LogP contribution in [0, 0.1) is 11.6 Å². The smallest absolute Gasteiger partial charge is 0.245 e. The van der Waals surface area contributed by atoms with Crippen LogP contribution in [-0.2, 0) is 32.7 Å². The first-order chi connectivity index (χ1) is 17.0. The van der Waals surface area contributed by atoms with E-state index in [1.165, 1.54) is 12.4 Å². The number of ether oxygens (including phenoxy) is 1. The molecule has 2 unspecified atom stereocenters. The van der Waals surface area contributed by atoms with Crippen LogP contribution in [0.1, 0.15) is 58.1 Å². The molecule has 3 atom stereocenters. The highest BCUT2D eigenvalue weighted by Crippen LogP contribution is 2.26. The number of methoxy groups -OCH3 is 1. The van der Waals surface area contributed by atoms with Gasteiger partial charge in [0.05, 0.1) is 19.0 Å². The van der Waals surface area contributed by atoms with Crippen LogP contribution in [0.3, 0.4) is 0 Å². The molecule has 3 N–H and O–H groups in total. The minimum absolute atomic E-state index is 0.103. The molecule has 0 saturated heterocycles. The van der Waals surface area contributed by atoms with Crippen LogP contribution in [0.5, 0.6) is 0 Å². The van der Waals surface area contributed by atoms with E-state index in [0.717, 1.165) is 12.5 Å². The molecule has 3 rings (SSSR count). The van der Waals surface area contributed by atoms with E-state index in [1.807, 2.05) is 13.8 Å². The van der Waals surface area contributed by atoms with Gasteiger partial charge in [-0.05, 0) is 63.6 Å². The standard InChI is InChI=1S/C26H37F2N5O3/c1-6-7-22(31-19-9-8-17-10-18(27)11-21(28)20(17)12-19)24(34)32-23-13-33(15-29-23)26(3,4)25(35)30-16(2)14-36-5/h10-11,13,15-16,19,22,31H,6-9,12,14H2,1-5H3,(H,30,35)(H,32,34)/t16?,19?,22-/m0/s1. The number of halogens is 2. The van der Waals surface area contributed by atoms with E-state index >= 15 is 0 Å². The van der Waals surface area contributed by atoms with E-state index in [2.05, 4.69) is 20.9 Å². The molecule has 0 spiro atoms. The van der Waals surface area contributed by atoms with Crippen LogP contribution >= 0.6 is 0 Å². The second kappa shape index (κ2) is 11.9. The topological polar surface area (TPSA) is 97.3 Å². The first-order valence-electron chi connectivity index (χ1n) is 12.4. The maximum absolute atomic E-state index is 14.3. The van der Waals surface area contributed by atoms with Crippen molar-refractivity contribution in [3.8, 4) is 0 Å². The summed E-state index contributed by atoms with van der Waals surface area (Å²) in [5.41, 5.74) is 0.267. The van der Waals surface area contributed by atoms with E-state index < -0.39 is 23.2 Å². The number of fused-ring (bicyclic) bond motifs is 1. The highest BCUT2D eigenvalue weighted by Gasteiger charge is 2.31. The Bertz CT molecular complexity index is 1070. The molecule has 1 aliphatic carbocycles. The molecule has 0 radical (unpaired) electrons. The van der Waals surface area contributed by atoms with E-state index in [1.54, 1.807) is 31.7 Å². The molecule has 1 aromatic heterocycles. The number of aromatic nitrogens is 2. The predicted octanol–water partition coefficient (Wildman–Crippen LogP) is 3.30. The van der Waals surface area contributed by atoms with Gasteiger partial charge in [-0.2, -0.15) is 0 Å². The third-order valence-corrected chi connectivity index (χ3v) is 6.63. The SMILES string of the molecule is CCC[C@H](NC1CCc2cc(F)cc(F)c2C1)C(=O)Nc1cn(C(C)(C)C(=O)NC(C)COC)cn1. The zero-order chi connectivity index (χ0) is 26.5. The quantitative estimate of drug-likeness (QED) is 0.436. The van der Waals surface area contributed by atoms with Crippen molar-refractivity contribution < 1.29 is 23.1 Å². The number of aryl methyl sites for hydroxylation is 1. The summed E-state index contributed by atoms with van der Waals surface area (Å²) in [6, 6.07) is 1.55. The van der Waals surface area contributed by atoms with Crippen molar-refractivity contribution in [1.29, 1.82) is 0 Å². The highest BCUT2D eigenvalue weighted by molar-refractivity contribution is 5.94. The summed E-state index contributed by atoms with van der Waals surface area (Å²) >= 11 is 0. The maximum Gasteiger partial charge on any atom is 0.245 e. The molecule has 0 aliphatic heterocycles. The van der Waals surface area contributed by atoms with Crippen LogP contribution in [0.15, 0.2) is 24.7 Å². The number of imidazole rings is 1. The number of carbonyl (C=O) groups excluding carboxylic acids is 2. The fraction of sp³-hybridized carbons (Fsp3) is 0.577. The van der Waals surface area contributed by atoms with Gasteiger partial charge in [0.25, 0.3) is 0 Å². The Balaban J connectivity index is 1.64. The normalized spacial score (nSPS) is 17.2. The number of hydrogen-bond donors (Lipinski definition) is 3. The molecule has 2 amide bonds. The van der Waals surface area contributed by atoms with E-state index in [0.29, 0.717) is 49.2 Å². The second-order valence-corrected chi connectivity index (χ2v) is 10.0. The fourth-order valence-corrected chi connectivity index (χ4v) is 4.51. The first kappa shape index (κ1) is 27.7. The van der Waals surface area contributed by atoms with Crippen molar-refractivity contribution in [3.63, 3.8) is 0 Å². The van der Waals surface area contributed by atoms with Crippen molar-refractivity contribution in [3.05, 3.63) is 47.4 Å². The van der Waals surface area contributed by atoms with E-state index in [-0.39, 0.29) is 23.9 Å². The lowest BCUT2D eigenvalue weighted by atomic mass is 9.87. The highest BCUT2D eigenvalue weighted by atomic mass is 19.1. The monoisotopic (exact) mass is 505 g/mol. The lowest BCUT2D eigenvalue weighted by molar-refractivity contribution is -0.129. The summed E-state index contributed by atoms with van der Waals surface area (Å²) < 4.78 is 34.6. The molecular weight excluding hydrogens is 468 g/mol. The lowest BCUT2D eigenvalue weighted by Gasteiger charge is -2.29. The molecule has 0 bridgehead atoms. The summed E-state index contributed by atoms with van der Waals surface area (Å²) in [6.07, 6.45) is 6.13. The molecule has 36 heavy (non-hydrogen) atoms. The number of anilines is 1. The van der Waals surface area contributed by atoms with Crippen LogP contribution < -0.4 is 16.0 Å². The van der Waals surface area contributed by atoms with Gasteiger partial charge in [0.2, 0.25) is 11.8 Å². The largest absolute Gasteiger partial charge is 0.383 e. The molecule has 10 heteroatoms. The summed E-state index contributed by atoms with van der Waals surface area (Å²) in [4.78, 5) is 30.1. The van der Waals surface area contributed by atoms with Gasteiger partial charge in [0.1, 0.15) is 17.2 Å². The van der Waals surface area contributed by atoms with Gasteiger partial charge in [-0.25, -0.2) is 13.8 Å². The summed E-state index contributed by atoms with van der Waals surface area (Å²) in [6.45, 7) is 7.77. The first-order valence-corrected chi connectivity index (χ1v) is 12.4. The zero-order valence-corrected chi connectivity index (χ0v) is 21.7. The number of rotatable bonds is 11. The Morgan fingerprint density at radius 3 is 2.75 bits per heavy atom. The molecule has 198 valence electrons. The third kappa shape index (κ3) is 6.67. The second-order valence-electron chi connectivity index (χ2n) is 10.0. The van der Waals surface area contributed by atoms with Crippen LogP contribution in [0.4, 0.5) is 14.6 Å². The van der Waals surface area contributed by atoms with Crippen LogP contribution in [0.2, 0.25) is 0 Å². The van der Waals surface area contributed by atoms with Gasteiger partial charge >= 0.3 is 0 Å². The van der Waals surface area contributed by atoms with Crippen molar-refractivity contribution in [2.45, 2.75) is 83.5 Å². The number of benzene rings is 1. The van der Waals surface area contributed by atoms with Crippen molar-refractivity contribution in [2.24, 2.45) is 0 Å². The Morgan fingerprint density at radius 1 is 1.31 bits per heavy atom. The zero-order valence-electron chi connectivity index (χ0n) is 21.7. The van der Waals surface area contributed by atoms with Crippen LogP contribution in [0.25, 0.3) is 0 Å². The van der Waals surface area contributed by atoms with Gasteiger partial charge in [-0.15, -0.1) is 0 Å². The van der Waals surface area contributed by atoms with Gasteiger partial charge < -0.3 is 25.3 Å². The van der Waals surface area contributed by atoms with Gasteiger partial charge in [-0.3, -0.25) is 9.59 Å². The minimum Gasteiger partial charge on any atom is -0.383 e. The molecule has 0 fully saturated rings. The van der Waals surface area contributed by atoms with Crippen molar-refractivity contribution in [2.75, 3.05) is 19.0 Å². The van der Waals surface area contributed by atoms with Crippen LogP contribution in [-0.4, -0.2) is 53.2 Å². The molecule has 2 aromatic rings. The average Bonchev–Trinajstić information content (AvgIpc) is 3.28. The number of hydrogen-bond acceptors (Lipinski definition) is 5. The Kier molecular flexibility index (Phi) is 9.19. The minimum atomic E-state index is -0.932. The number of nitrogens with one attached hydrogen (secondary N) is 3. The molecule has 0 saturated carbocycles. The maximum atomic E-state index is 14.3. The molecule has 8 nitrogen and oxygen atoms in total. The summed E-state index contributed by atoms with van der Waals surface area (Å²) in [5, 5.41) is 9.11. The summed E-state index contributed by atoms with van der Waals surface area (Å²) in [7, 11) is 1.58. The van der Waals surface area contributed by atoms with E-state index in [4.69, 9.17) is 4.74 Å². The van der Waals surface area contributed by atoms with Crippen molar-refractivity contribution >= 4 is 17.6 Å². The Labute approximate surface area is 211 Å².